The van der Waals surface area contributed by atoms with E-state index in [1.165, 1.54) is 0 Å². The lowest BCUT2D eigenvalue weighted by molar-refractivity contribution is -0.176. The Hall–Kier alpha value is -1.06. The highest BCUT2D eigenvalue weighted by molar-refractivity contribution is 5.84. The van der Waals surface area contributed by atoms with E-state index in [1.807, 2.05) is 0 Å². The SMILES string of the molecule is CC1(C)C2CC(C(=O)O)C(C(N)=O)C1C2. The summed E-state index contributed by atoms with van der Waals surface area (Å²) >= 11 is 0. The molecule has 0 aromatic rings. The molecule has 3 N–H and O–H groups in total. The van der Waals surface area contributed by atoms with Gasteiger partial charge in [0.2, 0.25) is 5.91 Å². The third-order valence-corrected chi connectivity index (χ3v) is 4.60. The molecule has 0 aromatic carbocycles. The zero-order chi connectivity index (χ0) is 11.4. The Labute approximate surface area is 88.8 Å². The second kappa shape index (κ2) is 2.97. The van der Waals surface area contributed by atoms with E-state index < -0.39 is 23.7 Å². The molecule has 3 rings (SSSR count). The second-order valence-electron chi connectivity index (χ2n) is 5.47. The fourth-order valence-corrected chi connectivity index (χ4v) is 3.45. The molecule has 84 valence electrons. The summed E-state index contributed by atoms with van der Waals surface area (Å²) in [6.45, 7) is 4.22. The van der Waals surface area contributed by atoms with Gasteiger partial charge in [-0.2, -0.15) is 0 Å². The standard InChI is InChI=1S/C11H17NO3/c1-11(2)5-3-6(10(14)15)8(9(12)13)7(11)4-5/h5-8H,3-4H2,1-2H3,(H2,12,13)(H,14,15). The molecule has 3 aliphatic rings. The fraction of sp³-hybridized carbons (Fsp3) is 0.818. The van der Waals surface area contributed by atoms with Crippen LogP contribution in [0.4, 0.5) is 0 Å². The molecule has 3 saturated carbocycles. The molecule has 0 heterocycles. The summed E-state index contributed by atoms with van der Waals surface area (Å²) in [6.07, 6.45) is 1.57. The monoisotopic (exact) mass is 211 g/mol. The molecule has 3 aliphatic carbocycles. The van der Waals surface area contributed by atoms with Crippen molar-refractivity contribution in [3.05, 3.63) is 0 Å². The number of hydrogen-bond donors (Lipinski definition) is 2. The summed E-state index contributed by atoms with van der Waals surface area (Å²) in [5.74, 6) is -1.74. The molecular formula is C11H17NO3. The van der Waals surface area contributed by atoms with Crippen molar-refractivity contribution in [1.82, 2.24) is 0 Å². The van der Waals surface area contributed by atoms with Gasteiger partial charge in [0, 0.05) is 0 Å². The first-order valence-corrected chi connectivity index (χ1v) is 5.37. The molecule has 0 saturated heterocycles. The highest BCUT2D eigenvalue weighted by Gasteiger charge is 2.60. The van der Waals surface area contributed by atoms with Crippen molar-refractivity contribution in [3.63, 3.8) is 0 Å². The number of nitrogens with two attached hydrogens (primary N) is 1. The van der Waals surface area contributed by atoms with Crippen LogP contribution in [0.1, 0.15) is 26.7 Å². The average Bonchev–Trinajstić information content (AvgIpc) is 2.16. The minimum atomic E-state index is -0.871. The predicted octanol–water partition coefficient (Wildman–Crippen LogP) is 0.855. The van der Waals surface area contributed by atoms with Gasteiger partial charge in [0.05, 0.1) is 11.8 Å². The Bertz CT molecular complexity index is 324. The van der Waals surface area contributed by atoms with Gasteiger partial charge >= 0.3 is 5.97 Å². The van der Waals surface area contributed by atoms with Crippen molar-refractivity contribution >= 4 is 11.9 Å². The van der Waals surface area contributed by atoms with Crippen LogP contribution in [0, 0.1) is 29.1 Å². The number of carboxylic acid groups (broad SMARTS) is 1. The lowest BCUT2D eigenvalue weighted by Gasteiger charge is -2.60. The van der Waals surface area contributed by atoms with Gasteiger partial charge in [0.1, 0.15) is 0 Å². The molecule has 4 nitrogen and oxygen atoms in total. The third-order valence-electron chi connectivity index (χ3n) is 4.60. The Balaban J connectivity index is 2.28. The predicted molar refractivity (Wildman–Crippen MR) is 53.8 cm³/mol. The summed E-state index contributed by atoms with van der Waals surface area (Å²) in [5, 5.41) is 9.06. The van der Waals surface area contributed by atoms with Gasteiger partial charge in [-0.1, -0.05) is 13.8 Å². The first kappa shape index (κ1) is 10.5. The van der Waals surface area contributed by atoms with E-state index in [-0.39, 0.29) is 11.3 Å². The van der Waals surface area contributed by atoms with Crippen LogP contribution >= 0.6 is 0 Å². The van der Waals surface area contributed by atoms with Gasteiger partial charge < -0.3 is 10.8 Å². The summed E-state index contributed by atoms with van der Waals surface area (Å²) in [7, 11) is 0. The second-order valence-corrected chi connectivity index (χ2v) is 5.47. The Morgan fingerprint density at radius 3 is 2.33 bits per heavy atom. The van der Waals surface area contributed by atoms with E-state index in [0.29, 0.717) is 12.3 Å². The van der Waals surface area contributed by atoms with Crippen LogP contribution < -0.4 is 5.73 Å². The Morgan fingerprint density at radius 2 is 1.93 bits per heavy atom. The Kier molecular flexibility index (Phi) is 2.07. The highest BCUT2D eigenvalue weighted by atomic mass is 16.4. The van der Waals surface area contributed by atoms with Crippen molar-refractivity contribution in [3.8, 4) is 0 Å². The van der Waals surface area contributed by atoms with Crippen LogP contribution in [0.5, 0.6) is 0 Å². The van der Waals surface area contributed by atoms with Gasteiger partial charge in [0.15, 0.2) is 0 Å². The molecule has 0 aliphatic heterocycles. The van der Waals surface area contributed by atoms with Gasteiger partial charge in [-0.3, -0.25) is 9.59 Å². The van der Waals surface area contributed by atoms with Crippen molar-refractivity contribution < 1.29 is 14.7 Å². The summed E-state index contributed by atoms with van der Waals surface area (Å²) in [5.41, 5.74) is 5.42. The first-order valence-electron chi connectivity index (χ1n) is 5.37. The van der Waals surface area contributed by atoms with Crippen LogP contribution in [0.2, 0.25) is 0 Å². The Morgan fingerprint density at radius 1 is 1.33 bits per heavy atom. The van der Waals surface area contributed by atoms with Crippen LogP contribution in [0.25, 0.3) is 0 Å². The van der Waals surface area contributed by atoms with Gasteiger partial charge in [-0.25, -0.2) is 0 Å². The maximum atomic E-state index is 11.4. The molecular weight excluding hydrogens is 194 g/mol. The van der Waals surface area contributed by atoms with Gasteiger partial charge in [-0.05, 0) is 30.1 Å². The van der Waals surface area contributed by atoms with E-state index >= 15 is 0 Å². The van der Waals surface area contributed by atoms with E-state index in [2.05, 4.69) is 13.8 Å². The lowest BCUT2D eigenvalue weighted by Crippen LogP contribution is -2.60. The van der Waals surface area contributed by atoms with E-state index in [1.54, 1.807) is 0 Å². The molecule has 4 atom stereocenters. The van der Waals surface area contributed by atoms with Crippen molar-refractivity contribution in [2.24, 2.45) is 34.8 Å². The molecule has 1 amide bonds. The van der Waals surface area contributed by atoms with Gasteiger partial charge in [-0.15, -0.1) is 0 Å². The lowest BCUT2D eigenvalue weighted by atomic mass is 9.43. The topological polar surface area (TPSA) is 80.4 Å². The number of carbonyl (C=O) groups excluding carboxylic acids is 1. The van der Waals surface area contributed by atoms with Crippen LogP contribution in [-0.4, -0.2) is 17.0 Å². The zero-order valence-corrected chi connectivity index (χ0v) is 9.06. The quantitative estimate of drug-likeness (QED) is 0.710. The number of aliphatic carboxylic acids is 1. The van der Waals surface area contributed by atoms with Gasteiger partial charge in [0.25, 0.3) is 0 Å². The van der Waals surface area contributed by atoms with Crippen molar-refractivity contribution in [2.45, 2.75) is 26.7 Å². The highest BCUT2D eigenvalue weighted by Crippen LogP contribution is 2.62. The summed E-state index contributed by atoms with van der Waals surface area (Å²) in [6, 6.07) is 0. The number of amides is 1. The molecule has 0 spiro atoms. The molecule has 4 unspecified atom stereocenters. The molecule has 3 fully saturated rings. The van der Waals surface area contributed by atoms with E-state index in [4.69, 9.17) is 10.8 Å². The number of carboxylic acids is 1. The van der Waals surface area contributed by atoms with Crippen molar-refractivity contribution in [1.29, 1.82) is 0 Å². The first-order chi connectivity index (χ1) is 6.85. The largest absolute Gasteiger partial charge is 0.481 e. The normalized spacial score (nSPS) is 41.7. The maximum absolute atomic E-state index is 11.4. The minimum absolute atomic E-state index is 0.0889. The minimum Gasteiger partial charge on any atom is -0.481 e. The van der Waals surface area contributed by atoms with Crippen LogP contribution in [-0.2, 0) is 9.59 Å². The van der Waals surface area contributed by atoms with Crippen molar-refractivity contribution in [2.75, 3.05) is 0 Å². The number of rotatable bonds is 2. The molecule has 15 heavy (non-hydrogen) atoms. The third kappa shape index (κ3) is 1.27. The van der Waals surface area contributed by atoms with E-state index in [9.17, 15) is 9.59 Å². The summed E-state index contributed by atoms with van der Waals surface area (Å²) < 4.78 is 0. The molecule has 4 heteroatoms. The smallest absolute Gasteiger partial charge is 0.307 e. The number of primary amides is 1. The number of carbonyl (C=O) groups is 2. The zero-order valence-electron chi connectivity index (χ0n) is 9.06. The number of hydrogen-bond acceptors (Lipinski definition) is 2. The maximum Gasteiger partial charge on any atom is 0.307 e. The average molecular weight is 211 g/mol. The van der Waals surface area contributed by atoms with Crippen LogP contribution in [0.15, 0.2) is 0 Å². The molecule has 0 aromatic heterocycles. The molecule has 0 radical (unpaired) electrons. The van der Waals surface area contributed by atoms with Crippen LogP contribution in [0.3, 0.4) is 0 Å². The number of fused-ring (bicyclic) bond motifs is 2. The fourth-order valence-electron chi connectivity index (χ4n) is 3.45. The van der Waals surface area contributed by atoms with E-state index in [0.717, 1.165) is 6.42 Å². The summed E-state index contributed by atoms with van der Waals surface area (Å²) in [4.78, 5) is 22.4. The molecule has 2 bridgehead atoms.